The maximum Gasteiger partial charge on any atom is 0.168 e. The topological polar surface area (TPSA) is 35.5 Å². The minimum Gasteiger partial charge on any atom is -0.494 e. The highest BCUT2D eigenvalue weighted by Crippen LogP contribution is 2.25. The molecular formula is C13H15FO3. The Balaban J connectivity index is 2.17. The van der Waals surface area contributed by atoms with E-state index in [-0.39, 0.29) is 23.6 Å². The first-order chi connectivity index (χ1) is 8.11. The van der Waals surface area contributed by atoms with Gasteiger partial charge >= 0.3 is 0 Å². The molecule has 0 N–H and O–H groups in total. The molecule has 1 fully saturated rings. The molecule has 1 heterocycles. The Morgan fingerprint density at radius 2 is 2.29 bits per heavy atom. The van der Waals surface area contributed by atoms with Gasteiger partial charge in [-0.1, -0.05) is 0 Å². The molecule has 0 amide bonds. The highest BCUT2D eigenvalue weighted by Gasteiger charge is 2.29. The second kappa shape index (κ2) is 4.84. The molecule has 4 heteroatoms. The third-order valence-corrected chi connectivity index (χ3v) is 3.01. The lowest BCUT2D eigenvalue weighted by Crippen LogP contribution is -2.15. The van der Waals surface area contributed by atoms with Crippen molar-refractivity contribution >= 4 is 5.78 Å². The molecule has 1 aliphatic rings. The Morgan fingerprint density at radius 3 is 2.82 bits per heavy atom. The summed E-state index contributed by atoms with van der Waals surface area (Å²) in [5.41, 5.74) is 0.381. The summed E-state index contributed by atoms with van der Waals surface area (Å²) < 4.78 is 23.6. The van der Waals surface area contributed by atoms with E-state index in [4.69, 9.17) is 9.47 Å². The minimum atomic E-state index is -0.509. The Hall–Kier alpha value is -1.42. The number of halogens is 1. The van der Waals surface area contributed by atoms with E-state index in [2.05, 4.69) is 0 Å². The lowest BCUT2D eigenvalue weighted by Gasteiger charge is -2.08. The molecule has 1 saturated heterocycles. The van der Waals surface area contributed by atoms with Crippen LogP contribution in [0.1, 0.15) is 23.7 Å². The van der Waals surface area contributed by atoms with Crippen molar-refractivity contribution in [1.82, 2.24) is 0 Å². The minimum absolute atomic E-state index is 0.0593. The van der Waals surface area contributed by atoms with Crippen molar-refractivity contribution in [1.29, 1.82) is 0 Å². The van der Waals surface area contributed by atoms with Gasteiger partial charge in [0.1, 0.15) is 0 Å². The van der Waals surface area contributed by atoms with Gasteiger partial charge in [-0.05, 0) is 31.5 Å². The number of benzene rings is 1. The van der Waals surface area contributed by atoms with Crippen molar-refractivity contribution in [3.63, 3.8) is 0 Å². The van der Waals surface area contributed by atoms with Gasteiger partial charge in [-0.25, -0.2) is 4.39 Å². The van der Waals surface area contributed by atoms with Crippen LogP contribution in [0.25, 0.3) is 0 Å². The molecule has 0 saturated carbocycles. The number of carbonyl (C=O) groups excluding carboxylic acids is 1. The van der Waals surface area contributed by atoms with Crippen LogP contribution in [0.2, 0.25) is 0 Å². The lowest BCUT2D eigenvalue weighted by molar-refractivity contribution is 0.0877. The fourth-order valence-electron chi connectivity index (χ4n) is 2.06. The number of methoxy groups -OCH3 is 1. The Labute approximate surface area is 99.5 Å². The Bertz CT molecular complexity index is 431. The van der Waals surface area contributed by atoms with E-state index in [1.165, 1.54) is 19.2 Å². The fraction of sp³-hybridized carbons (Fsp3) is 0.462. The molecule has 92 valence electrons. The first kappa shape index (κ1) is 12.0. The monoisotopic (exact) mass is 238 g/mol. The first-order valence-corrected chi connectivity index (χ1v) is 5.61. The maximum atomic E-state index is 13.5. The van der Waals surface area contributed by atoms with Crippen LogP contribution in [0.4, 0.5) is 4.39 Å². The zero-order valence-electron chi connectivity index (χ0n) is 9.90. The largest absolute Gasteiger partial charge is 0.494 e. The van der Waals surface area contributed by atoms with Gasteiger partial charge in [0.05, 0.1) is 19.8 Å². The smallest absolute Gasteiger partial charge is 0.168 e. The predicted molar refractivity (Wildman–Crippen MR) is 60.8 cm³/mol. The average molecular weight is 238 g/mol. The summed E-state index contributed by atoms with van der Waals surface area (Å²) in [5, 5.41) is 0. The molecule has 0 spiro atoms. The summed E-state index contributed by atoms with van der Waals surface area (Å²) in [4.78, 5) is 12.1. The number of ketones is 1. The van der Waals surface area contributed by atoms with Crippen molar-refractivity contribution in [3.8, 4) is 5.75 Å². The normalized spacial score (nSPS) is 23.7. The van der Waals surface area contributed by atoms with Gasteiger partial charge in [-0.15, -0.1) is 0 Å². The Morgan fingerprint density at radius 1 is 1.53 bits per heavy atom. The average Bonchev–Trinajstić information content (AvgIpc) is 2.75. The van der Waals surface area contributed by atoms with Crippen molar-refractivity contribution in [2.75, 3.05) is 13.7 Å². The second-order valence-corrected chi connectivity index (χ2v) is 4.29. The van der Waals surface area contributed by atoms with Gasteiger partial charge < -0.3 is 9.47 Å². The van der Waals surface area contributed by atoms with E-state index < -0.39 is 5.82 Å². The van der Waals surface area contributed by atoms with E-state index in [1.54, 1.807) is 6.07 Å². The van der Waals surface area contributed by atoms with Gasteiger partial charge in [-0.3, -0.25) is 4.79 Å². The summed E-state index contributed by atoms with van der Waals surface area (Å²) in [6.45, 7) is 2.36. The molecule has 17 heavy (non-hydrogen) atoms. The molecule has 0 aliphatic carbocycles. The van der Waals surface area contributed by atoms with Gasteiger partial charge in [0.15, 0.2) is 17.3 Å². The third kappa shape index (κ3) is 2.47. The fourth-order valence-corrected chi connectivity index (χ4v) is 2.06. The molecule has 0 bridgehead atoms. The van der Waals surface area contributed by atoms with Gasteiger partial charge in [-0.2, -0.15) is 0 Å². The van der Waals surface area contributed by atoms with E-state index in [1.807, 2.05) is 6.92 Å². The molecule has 1 aliphatic heterocycles. The zero-order valence-corrected chi connectivity index (χ0v) is 9.90. The number of carbonyl (C=O) groups is 1. The summed E-state index contributed by atoms with van der Waals surface area (Å²) >= 11 is 0. The predicted octanol–water partition coefficient (Wildman–Crippen LogP) is 2.44. The highest BCUT2D eigenvalue weighted by atomic mass is 19.1. The lowest BCUT2D eigenvalue weighted by atomic mass is 9.95. The standard InChI is InChI=1S/C13H15FO3/c1-8-5-10(7-17-8)13(15)9-3-4-12(16-2)11(14)6-9/h3-4,6,8,10H,5,7H2,1-2H3. The number of hydrogen-bond donors (Lipinski definition) is 0. The number of ether oxygens (including phenoxy) is 2. The number of hydrogen-bond acceptors (Lipinski definition) is 3. The summed E-state index contributed by atoms with van der Waals surface area (Å²) in [6.07, 6.45) is 0.805. The molecule has 0 radical (unpaired) electrons. The maximum absolute atomic E-state index is 13.5. The van der Waals surface area contributed by atoms with E-state index in [0.717, 1.165) is 0 Å². The summed E-state index contributed by atoms with van der Waals surface area (Å²) in [6, 6.07) is 4.29. The molecule has 0 aromatic heterocycles. The SMILES string of the molecule is COc1ccc(C(=O)C2COC(C)C2)cc1F. The molecule has 1 aromatic carbocycles. The van der Waals surface area contributed by atoms with Crippen LogP contribution < -0.4 is 4.74 Å². The van der Waals surface area contributed by atoms with Crippen LogP contribution >= 0.6 is 0 Å². The molecule has 1 aromatic rings. The van der Waals surface area contributed by atoms with Gasteiger partial charge in [0, 0.05) is 11.5 Å². The third-order valence-electron chi connectivity index (χ3n) is 3.01. The number of Topliss-reactive ketones (excluding diaryl/α,β-unsaturated/α-hetero) is 1. The van der Waals surface area contributed by atoms with Crippen molar-refractivity contribution < 1.29 is 18.7 Å². The van der Waals surface area contributed by atoms with Crippen LogP contribution in [-0.2, 0) is 4.74 Å². The highest BCUT2D eigenvalue weighted by molar-refractivity contribution is 5.98. The van der Waals surface area contributed by atoms with Crippen LogP contribution in [0.5, 0.6) is 5.75 Å². The van der Waals surface area contributed by atoms with Crippen LogP contribution in [0.15, 0.2) is 18.2 Å². The van der Waals surface area contributed by atoms with Gasteiger partial charge in [0.25, 0.3) is 0 Å². The Kier molecular flexibility index (Phi) is 3.43. The molecule has 2 unspecified atom stereocenters. The van der Waals surface area contributed by atoms with Crippen molar-refractivity contribution in [2.45, 2.75) is 19.4 Å². The number of rotatable bonds is 3. The van der Waals surface area contributed by atoms with Crippen LogP contribution in [0.3, 0.4) is 0 Å². The van der Waals surface area contributed by atoms with E-state index in [9.17, 15) is 9.18 Å². The molecular weight excluding hydrogens is 223 g/mol. The second-order valence-electron chi connectivity index (χ2n) is 4.29. The van der Waals surface area contributed by atoms with E-state index in [0.29, 0.717) is 18.6 Å². The zero-order chi connectivity index (χ0) is 12.4. The van der Waals surface area contributed by atoms with Crippen molar-refractivity contribution in [2.24, 2.45) is 5.92 Å². The van der Waals surface area contributed by atoms with E-state index >= 15 is 0 Å². The van der Waals surface area contributed by atoms with Crippen LogP contribution in [-0.4, -0.2) is 25.6 Å². The van der Waals surface area contributed by atoms with Crippen LogP contribution in [0, 0.1) is 11.7 Å². The summed E-state index contributed by atoms with van der Waals surface area (Å²) in [7, 11) is 1.40. The first-order valence-electron chi connectivity index (χ1n) is 5.61. The molecule has 3 nitrogen and oxygen atoms in total. The quantitative estimate of drug-likeness (QED) is 0.759. The molecule has 2 rings (SSSR count). The van der Waals surface area contributed by atoms with Gasteiger partial charge in [0.2, 0.25) is 0 Å². The van der Waals surface area contributed by atoms with Crippen molar-refractivity contribution in [3.05, 3.63) is 29.6 Å². The molecule has 2 atom stereocenters. The summed E-state index contributed by atoms with van der Waals surface area (Å²) in [5.74, 6) is -0.573.